The first-order valence-electron chi connectivity index (χ1n) is 5.08. The van der Waals surface area contributed by atoms with Crippen LogP contribution in [0, 0.1) is 0 Å². The second-order valence-corrected chi connectivity index (χ2v) is 5.36. The summed E-state index contributed by atoms with van der Waals surface area (Å²) in [5.41, 5.74) is 2.07. The molecule has 0 amide bonds. The van der Waals surface area contributed by atoms with Crippen LogP contribution < -0.4 is 5.32 Å². The molecule has 0 fully saturated rings. The Morgan fingerprint density at radius 2 is 1.71 bits per heavy atom. The summed E-state index contributed by atoms with van der Waals surface area (Å²) < 4.78 is 1.02. The van der Waals surface area contributed by atoms with Crippen molar-refractivity contribution in [2.75, 3.05) is 5.32 Å². The highest BCUT2D eigenvalue weighted by atomic mass is 79.9. The summed E-state index contributed by atoms with van der Waals surface area (Å²) in [6.07, 6.45) is 0. The zero-order valence-corrected chi connectivity index (χ0v) is 12.0. The van der Waals surface area contributed by atoms with E-state index >= 15 is 0 Å². The topological polar surface area (TPSA) is 12.0 Å². The first-order chi connectivity index (χ1) is 8.15. The van der Waals surface area contributed by atoms with Crippen molar-refractivity contribution >= 4 is 44.8 Å². The number of anilines is 1. The highest BCUT2D eigenvalue weighted by molar-refractivity contribution is 9.10. The number of nitrogens with one attached hydrogen (secondary N) is 1. The van der Waals surface area contributed by atoms with E-state index in [1.54, 1.807) is 0 Å². The molecule has 0 radical (unpaired) electrons. The highest BCUT2D eigenvalue weighted by Crippen LogP contribution is 2.22. The monoisotopic (exact) mass is 329 g/mol. The van der Waals surface area contributed by atoms with Crippen molar-refractivity contribution < 1.29 is 0 Å². The molecule has 2 rings (SSSR count). The average molecular weight is 331 g/mol. The van der Waals surface area contributed by atoms with Crippen LogP contribution in [-0.4, -0.2) is 0 Å². The summed E-state index contributed by atoms with van der Waals surface area (Å²) in [5, 5.41) is 4.78. The number of rotatable bonds is 3. The number of hydrogen-bond donors (Lipinski definition) is 1. The molecule has 4 heteroatoms. The van der Waals surface area contributed by atoms with Crippen LogP contribution in [0.25, 0.3) is 0 Å². The predicted molar refractivity (Wildman–Crippen MR) is 77.9 cm³/mol. The van der Waals surface area contributed by atoms with Crippen molar-refractivity contribution in [2.45, 2.75) is 6.54 Å². The summed E-state index contributed by atoms with van der Waals surface area (Å²) in [6.45, 7) is 0.680. The molecule has 0 saturated carbocycles. The first-order valence-corrected chi connectivity index (χ1v) is 6.63. The van der Waals surface area contributed by atoms with E-state index in [1.807, 2.05) is 42.5 Å². The Balaban J connectivity index is 2.07. The van der Waals surface area contributed by atoms with Crippen molar-refractivity contribution in [3.63, 3.8) is 0 Å². The van der Waals surface area contributed by atoms with Gasteiger partial charge in [0.05, 0.1) is 0 Å². The summed E-state index contributed by atoms with van der Waals surface area (Å²) in [7, 11) is 0. The first kappa shape index (κ1) is 12.7. The normalized spacial score (nSPS) is 10.3. The van der Waals surface area contributed by atoms with Crippen molar-refractivity contribution in [3.05, 3.63) is 62.5 Å². The minimum Gasteiger partial charge on any atom is -0.381 e. The fourth-order valence-corrected chi connectivity index (χ4v) is 2.16. The second-order valence-electron chi connectivity index (χ2n) is 3.60. The lowest BCUT2D eigenvalue weighted by Gasteiger charge is -2.08. The molecule has 0 unspecified atom stereocenters. The van der Waals surface area contributed by atoms with E-state index in [0.717, 1.165) is 25.8 Å². The van der Waals surface area contributed by atoms with Gasteiger partial charge in [-0.05, 0) is 48.0 Å². The highest BCUT2D eigenvalue weighted by Gasteiger charge is 2.01. The molecule has 0 spiro atoms. The summed E-state index contributed by atoms with van der Waals surface area (Å²) in [5.74, 6) is 0. The Bertz CT molecular complexity index is 511. The third-order valence-corrected chi connectivity index (χ3v) is 3.45. The van der Waals surface area contributed by atoms with E-state index in [0.29, 0.717) is 6.54 Å². The third-order valence-electron chi connectivity index (χ3n) is 2.33. The minimum absolute atomic E-state index is 0.680. The Hall–Kier alpha value is -0.700. The molecule has 88 valence electrons. The zero-order chi connectivity index (χ0) is 12.3. The van der Waals surface area contributed by atoms with Gasteiger partial charge in [0.2, 0.25) is 0 Å². The van der Waals surface area contributed by atoms with E-state index in [9.17, 15) is 0 Å². The maximum Gasteiger partial charge on any atom is 0.0456 e. The lowest BCUT2D eigenvalue weighted by atomic mass is 10.2. The molecule has 1 nitrogen and oxygen atoms in total. The maximum atomic E-state index is 6.11. The van der Waals surface area contributed by atoms with Gasteiger partial charge in [-0.2, -0.15) is 0 Å². The molecule has 0 aliphatic carbocycles. The molecule has 0 heterocycles. The maximum absolute atomic E-state index is 6.11. The van der Waals surface area contributed by atoms with Crippen LogP contribution in [-0.2, 0) is 6.54 Å². The molecule has 0 saturated heterocycles. The molecule has 2 aromatic rings. The number of halogens is 3. The Morgan fingerprint density at radius 3 is 2.41 bits per heavy atom. The quantitative estimate of drug-likeness (QED) is 0.797. The predicted octanol–water partition coefficient (Wildman–Crippen LogP) is 5.37. The van der Waals surface area contributed by atoms with Gasteiger partial charge in [-0.25, -0.2) is 0 Å². The largest absolute Gasteiger partial charge is 0.381 e. The van der Waals surface area contributed by atoms with Crippen LogP contribution in [0.5, 0.6) is 0 Å². The summed E-state index contributed by atoms with van der Waals surface area (Å²) in [6, 6.07) is 13.4. The van der Waals surface area contributed by atoms with Crippen LogP contribution in [0.1, 0.15) is 5.56 Å². The molecule has 17 heavy (non-hydrogen) atoms. The second kappa shape index (κ2) is 5.76. The molecule has 1 N–H and O–H groups in total. The lowest BCUT2D eigenvalue weighted by molar-refractivity contribution is 1.15. The fourth-order valence-electron chi connectivity index (χ4n) is 1.44. The lowest BCUT2D eigenvalue weighted by Crippen LogP contribution is -1.99. The Morgan fingerprint density at radius 1 is 1.00 bits per heavy atom. The van der Waals surface area contributed by atoms with E-state index < -0.39 is 0 Å². The SMILES string of the molecule is Clc1ccc(NCc2cc(Br)ccc2Cl)cc1. The molecule has 0 atom stereocenters. The van der Waals surface area contributed by atoms with Crippen LogP contribution in [0.15, 0.2) is 46.9 Å². The van der Waals surface area contributed by atoms with Crippen LogP contribution in [0.4, 0.5) is 5.69 Å². The number of benzene rings is 2. The molecule has 0 aromatic heterocycles. The Kier molecular flexibility index (Phi) is 4.32. The van der Waals surface area contributed by atoms with Crippen LogP contribution >= 0.6 is 39.1 Å². The van der Waals surface area contributed by atoms with Crippen molar-refractivity contribution in [1.29, 1.82) is 0 Å². The molecule has 0 aliphatic rings. The smallest absolute Gasteiger partial charge is 0.0456 e. The minimum atomic E-state index is 0.680. The van der Waals surface area contributed by atoms with E-state index in [-0.39, 0.29) is 0 Å². The molecular formula is C13H10BrCl2N. The van der Waals surface area contributed by atoms with E-state index in [1.165, 1.54) is 0 Å². The van der Waals surface area contributed by atoms with E-state index in [2.05, 4.69) is 21.2 Å². The van der Waals surface area contributed by atoms with Gasteiger partial charge in [-0.1, -0.05) is 39.1 Å². The van der Waals surface area contributed by atoms with Gasteiger partial charge in [-0.3, -0.25) is 0 Å². The van der Waals surface area contributed by atoms with Gasteiger partial charge >= 0.3 is 0 Å². The fraction of sp³-hybridized carbons (Fsp3) is 0.0769. The summed E-state index contributed by atoms with van der Waals surface area (Å²) >= 11 is 15.4. The van der Waals surface area contributed by atoms with Crippen LogP contribution in [0.2, 0.25) is 10.0 Å². The third kappa shape index (κ3) is 3.63. The van der Waals surface area contributed by atoms with Gasteiger partial charge in [0.1, 0.15) is 0 Å². The van der Waals surface area contributed by atoms with Gasteiger partial charge in [0, 0.05) is 26.8 Å². The van der Waals surface area contributed by atoms with Gasteiger partial charge in [0.25, 0.3) is 0 Å². The zero-order valence-electron chi connectivity index (χ0n) is 8.88. The summed E-state index contributed by atoms with van der Waals surface area (Å²) in [4.78, 5) is 0. The molecule has 0 aliphatic heterocycles. The average Bonchev–Trinajstić information content (AvgIpc) is 2.32. The van der Waals surface area contributed by atoms with Gasteiger partial charge in [0.15, 0.2) is 0 Å². The molecule has 2 aromatic carbocycles. The Labute approximate surface area is 119 Å². The van der Waals surface area contributed by atoms with Gasteiger partial charge < -0.3 is 5.32 Å². The van der Waals surface area contributed by atoms with Crippen molar-refractivity contribution in [3.8, 4) is 0 Å². The van der Waals surface area contributed by atoms with Gasteiger partial charge in [-0.15, -0.1) is 0 Å². The molecule has 0 bridgehead atoms. The number of hydrogen-bond acceptors (Lipinski definition) is 1. The van der Waals surface area contributed by atoms with Crippen molar-refractivity contribution in [1.82, 2.24) is 0 Å². The standard InChI is InChI=1S/C13H10BrCl2N/c14-10-1-6-13(16)9(7-10)8-17-12-4-2-11(15)3-5-12/h1-7,17H,8H2. The van der Waals surface area contributed by atoms with Crippen LogP contribution in [0.3, 0.4) is 0 Å². The van der Waals surface area contributed by atoms with E-state index in [4.69, 9.17) is 23.2 Å². The molecular weight excluding hydrogens is 321 g/mol. The van der Waals surface area contributed by atoms with Crippen molar-refractivity contribution in [2.24, 2.45) is 0 Å².